The molecule has 9 heteroatoms. The summed E-state index contributed by atoms with van der Waals surface area (Å²) in [7, 11) is -3.54. The Morgan fingerprint density at radius 2 is 1.24 bits per heavy atom. The monoisotopic (exact) mass is 320 g/mol. The number of rotatable bonds is 4. The third kappa shape index (κ3) is 6.05. The topological polar surface area (TPSA) is 152 Å². The highest BCUT2D eigenvalue weighted by Gasteiger charge is 2.13. The van der Waals surface area contributed by atoms with Crippen molar-refractivity contribution < 1.29 is 39.5 Å². The van der Waals surface area contributed by atoms with Crippen molar-refractivity contribution in [2.24, 2.45) is 0 Å². The van der Waals surface area contributed by atoms with Crippen LogP contribution >= 0.6 is 7.37 Å². The predicted octanol–water partition coefficient (Wildman–Crippen LogP) is 0.856. The molecule has 0 aromatic heterocycles. The number of carboxylic acids is 2. The first kappa shape index (κ1) is 19.3. The van der Waals surface area contributed by atoms with Gasteiger partial charge in [0.05, 0.1) is 11.1 Å². The quantitative estimate of drug-likeness (QED) is 0.512. The van der Waals surface area contributed by atoms with E-state index in [2.05, 4.69) is 0 Å². The van der Waals surface area contributed by atoms with Gasteiger partial charge in [0.2, 0.25) is 7.37 Å². The molecule has 118 valence electrons. The molecule has 0 heterocycles. The highest BCUT2D eigenvalue weighted by atomic mass is 31.2. The summed E-state index contributed by atoms with van der Waals surface area (Å²) < 4.78 is 10.0. The smallest absolute Gasteiger partial charge is 0.335 e. The molecule has 1 aromatic rings. The van der Waals surface area contributed by atoms with Crippen LogP contribution in [0.15, 0.2) is 12.1 Å². The van der Waals surface area contributed by atoms with E-state index in [1.54, 1.807) is 13.8 Å². The molecule has 8 nitrogen and oxygen atoms in total. The van der Waals surface area contributed by atoms with Crippen molar-refractivity contribution in [2.75, 3.05) is 12.7 Å². The lowest BCUT2D eigenvalue weighted by atomic mass is 10.0. The molecular formula is C12H17O8P. The van der Waals surface area contributed by atoms with Crippen molar-refractivity contribution in [1.82, 2.24) is 0 Å². The van der Waals surface area contributed by atoms with Crippen LogP contribution in [0.2, 0.25) is 0 Å². The Morgan fingerprint density at radius 3 is 1.38 bits per heavy atom. The first-order chi connectivity index (χ1) is 9.55. The third-order valence-electron chi connectivity index (χ3n) is 2.47. The van der Waals surface area contributed by atoms with E-state index in [-0.39, 0.29) is 11.1 Å². The van der Waals surface area contributed by atoms with Crippen LogP contribution in [0.4, 0.5) is 0 Å². The maximum Gasteiger partial charge on any atom is 0.335 e. The van der Waals surface area contributed by atoms with Crippen molar-refractivity contribution in [3.05, 3.63) is 34.4 Å². The number of aryl methyl sites for hydroxylation is 2. The summed E-state index contributed by atoms with van der Waals surface area (Å²) >= 11 is 0. The number of aliphatic hydroxyl groups excluding tert-OH is 2. The van der Waals surface area contributed by atoms with Crippen molar-refractivity contribution in [3.8, 4) is 0 Å². The van der Waals surface area contributed by atoms with Crippen LogP contribution in [0.3, 0.4) is 0 Å². The van der Waals surface area contributed by atoms with Crippen LogP contribution in [0.1, 0.15) is 31.8 Å². The number of aromatic carboxylic acids is 2. The van der Waals surface area contributed by atoms with Crippen LogP contribution in [-0.4, -0.2) is 50.0 Å². The molecule has 5 N–H and O–H groups in total. The zero-order valence-electron chi connectivity index (χ0n) is 11.5. The van der Waals surface area contributed by atoms with E-state index in [0.717, 1.165) is 0 Å². The fourth-order valence-corrected chi connectivity index (χ4v) is 1.41. The number of aliphatic hydroxyl groups is 2. The lowest BCUT2D eigenvalue weighted by Gasteiger charge is -2.05. The largest absolute Gasteiger partial charge is 0.478 e. The van der Waals surface area contributed by atoms with Gasteiger partial charge >= 0.3 is 11.9 Å². The van der Waals surface area contributed by atoms with Gasteiger partial charge in [0.25, 0.3) is 0 Å². The van der Waals surface area contributed by atoms with Crippen molar-refractivity contribution in [2.45, 2.75) is 13.8 Å². The molecule has 21 heavy (non-hydrogen) atoms. The molecule has 0 radical (unpaired) electrons. The van der Waals surface area contributed by atoms with Crippen molar-refractivity contribution >= 4 is 19.3 Å². The minimum absolute atomic E-state index is 0.146. The van der Waals surface area contributed by atoms with Gasteiger partial charge in [-0.2, -0.15) is 0 Å². The molecule has 0 atom stereocenters. The van der Waals surface area contributed by atoms with Gasteiger partial charge in [-0.15, -0.1) is 0 Å². The van der Waals surface area contributed by atoms with E-state index < -0.39 is 32.0 Å². The standard InChI is InChI=1S/C10H10O4.C2H7O4P/c1-5-3-8(10(13)14)6(2)4-7(5)9(11)12;3-1-7(5,6)2-4/h3-4H,1-2H3,(H,11,12)(H,13,14);3-4H,1-2H2,(H,5,6). The number of carbonyl (C=O) groups is 2. The summed E-state index contributed by atoms with van der Waals surface area (Å²) in [5, 5.41) is 33.4. The number of hydrogen-bond acceptors (Lipinski definition) is 5. The zero-order chi connectivity index (χ0) is 16.8. The Bertz CT molecular complexity index is 533. The van der Waals surface area contributed by atoms with E-state index in [9.17, 15) is 14.2 Å². The third-order valence-corrected chi connectivity index (χ3v) is 3.36. The van der Waals surface area contributed by atoms with Gasteiger partial charge in [-0.05, 0) is 37.1 Å². The first-order valence-corrected chi connectivity index (χ1v) is 7.69. The summed E-state index contributed by atoms with van der Waals surface area (Å²) in [4.78, 5) is 29.6. The fraction of sp³-hybridized carbons (Fsp3) is 0.333. The average Bonchev–Trinajstić information content (AvgIpc) is 2.41. The lowest BCUT2D eigenvalue weighted by molar-refractivity contribution is 0.0679. The molecule has 0 saturated carbocycles. The minimum atomic E-state index is -3.54. The van der Waals surface area contributed by atoms with E-state index in [4.69, 9.17) is 25.3 Å². The Balaban J connectivity index is 0.000000486. The van der Waals surface area contributed by atoms with Gasteiger partial charge < -0.3 is 25.3 Å². The zero-order valence-corrected chi connectivity index (χ0v) is 12.4. The van der Waals surface area contributed by atoms with E-state index >= 15 is 0 Å². The molecule has 0 aliphatic heterocycles. The van der Waals surface area contributed by atoms with Crippen LogP contribution in [0, 0.1) is 13.8 Å². The average molecular weight is 320 g/mol. The van der Waals surface area contributed by atoms with Gasteiger partial charge in [-0.1, -0.05) is 0 Å². The van der Waals surface area contributed by atoms with Crippen LogP contribution in [-0.2, 0) is 4.57 Å². The summed E-state index contributed by atoms with van der Waals surface area (Å²) in [6.07, 6.45) is -1.69. The van der Waals surface area contributed by atoms with E-state index in [1.807, 2.05) is 0 Å². The molecule has 0 aliphatic carbocycles. The van der Waals surface area contributed by atoms with Gasteiger partial charge in [-0.25, -0.2) is 9.59 Å². The fourth-order valence-electron chi connectivity index (χ4n) is 1.32. The molecule has 0 saturated heterocycles. The Hall–Kier alpha value is -1.73. The molecular weight excluding hydrogens is 303 g/mol. The number of hydrogen-bond donors (Lipinski definition) is 5. The Kier molecular flexibility index (Phi) is 7.25. The van der Waals surface area contributed by atoms with E-state index in [1.165, 1.54) is 12.1 Å². The second-order valence-corrected chi connectivity index (χ2v) is 6.48. The van der Waals surface area contributed by atoms with Crippen molar-refractivity contribution in [1.29, 1.82) is 0 Å². The van der Waals surface area contributed by atoms with Gasteiger partial charge in [0, 0.05) is 0 Å². The molecule has 0 unspecified atom stereocenters. The summed E-state index contributed by atoms with van der Waals surface area (Å²) in [5.74, 6) is -2.08. The second kappa shape index (κ2) is 7.90. The minimum Gasteiger partial charge on any atom is -0.478 e. The van der Waals surface area contributed by atoms with E-state index in [0.29, 0.717) is 11.1 Å². The van der Waals surface area contributed by atoms with Gasteiger partial charge in [0.15, 0.2) is 0 Å². The normalized spacial score (nSPS) is 10.5. The van der Waals surface area contributed by atoms with Gasteiger partial charge in [0.1, 0.15) is 12.7 Å². The molecule has 0 bridgehead atoms. The maximum atomic E-state index is 10.7. The molecule has 0 amide bonds. The summed E-state index contributed by atoms with van der Waals surface area (Å²) in [5.41, 5.74) is 1.21. The number of carboxylic acid groups (broad SMARTS) is 2. The summed E-state index contributed by atoms with van der Waals surface area (Å²) in [6.45, 7) is 3.16. The lowest BCUT2D eigenvalue weighted by Crippen LogP contribution is -2.06. The van der Waals surface area contributed by atoms with Crippen LogP contribution in [0.5, 0.6) is 0 Å². The van der Waals surface area contributed by atoms with Crippen LogP contribution < -0.4 is 0 Å². The molecule has 1 rings (SSSR count). The Labute approximate surface area is 120 Å². The maximum absolute atomic E-state index is 10.7. The summed E-state index contributed by atoms with van der Waals surface area (Å²) in [6, 6.07) is 2.75. The molecule has 1 aromatic carbocycles. The highest BCUT2D eigenvalue weighted by Crippen LogP contribution is 2.36. The Morgan fingerprint density at radius 1 is 0.952 bits per heavy atom. The predicted molar refractivity (Wildman–Crippen MR) is 73.8 cm³/mol. The number of benzene rings is 1. The van der Waals surface area contributed by atoms with Crippen LogP contribution in [0.25, 0.3) is 0 Å². The highest BCUT2D eigenvalue weighted by molar-refractivity contribution is 7.57. The molecule has 0 aliphatic rings. The molecule has 0 spiro atoms. The molecule has 0 fully saturated rings. The second-order valence-electron chi connectivity index (χ2n) is 4.22. The van der Waals surface area contributed by atoms with Gasteiger partial charge in [-0.3, -0.25) is 4.57 Å². The van der Waals surface area contributed by atoms with Crippen molar-refractivity contribution in [3.63, 3.8) is 0 Å². The first-order valence-electron chi connectivity index (χ1n) is 5.66. The SMILES string of the molecule is Cc1cc(C(=O)O)c(C)cc1C(=O)O.O=P(O)(CO)CO.